The minimum Gasteiger partial charge on any atom is -0.439 e. The third-order valence-corrected chi connectivity index (χ3v) is 7.99. The summed E-state index contributed by atoms with van der Waals surface area (Å²) in [6.07, 6.45) is -0.371. The van der Waals surface area contributed by atoms with Crippen LogP contribution in [0.15, 0.2) is 35.7 Å². The number of quaternary nitrogens is 1. The van der Waals surface area contributed by atoms with Crippen LogP contribution in [0.2, 0.25) is 4.47 Å². The highest BCUT2D eigenvalue weighted by Gasteiger charge is 2.57. The smallest absolute Gasteiger partial charge is 0.427 e. The number of aromatic nitrogens is 1. The molecule has 0 unspecified atom stereocenters. The molecule has 0 saturated carbocycles. The number of amides is 4. The predicted octanol–water partition coefficient (Wildman–Crippen LogP) is 4.21. The van der Waals surface area contributed by atoms with Crippen molar-refractivity contribution in [1.82, 2.24) is 15.3 Å². The van der Waals surface area contributed by atoms with E-state index in [1.54, 1.807) is 42.6 Å². The number of imide groups is 1. The molecule has 0 radical (unpaired) electrons. The summed E-state index contributed by atoms with van der Waals surface area (Å²) in [7, 11) is 0. The molecule has 1 aromatic heterocycles. The highest BCUT2D eigenvalue weighted by molar-refractivity contribution is 7.14. The third kappa shape index (κ3) is 6.30. The number of esters is 1. The number of nitrogens with one attached hydrogen (secondary N) is 2. The average molecular weight is 593 g/mol. The molecule has 40 heavy (non-hydrogen) atoms. The van der Waals surface area contributed by atoms with Crippen LogP contribution in [-0.4, -0.2) is 76.4 Å². The number of halogens is 1. The number of carbonyl (C=O) groups excluding carboxylic acids is 4. The van der Waals surface area contributed by atoms with E-state index < -0.39 is 52.1 Å². The Morgan fingerprint density at radius 1 is 1.23 bits per heavy atom. The number of urea groups is 1. The lowest BCUT2D eigenvalue weighted by Crippen LogP contribution is -2.69. The van der Waals surface area contributed by atoms with Crippen molar-refractivity contribution in [3.05, 3.63) is 45.7 Å². The van der Waals surface area contributed by atoms with Crippen LogP contribution in [0, 0.1) is 5.41 Å². The first-order chi connectivity index (χ1) is 19.0. The van der Waals surface area contributed by atoms with Gasteiger partial charge < -0.3 is 9.47 Å². The van der Waals surface area contributed by atoms with Gasteiger partial charge >= 0.3 is 17.9 Å². The van der Waals surface area contributed by atoms with Crippen LogP contribution < -0.4 is 10.7 Å². The Morgan fingerprint density at radius 3 is 2.48 bits per heavy atom. The van der Waals surface area contributed by atoms with Gasteiger partial charge in [0.05, 0.1) is 19.5 Å². The van der Waals surface area contributed by atoms with Gasteiger partial charge in [-0.3, -0.25) is 20.3 Å². The zero-order valence-electron chi connectivity index (χ0n) is 23.0. The topological polar surface area (TPSA) is 127 Å². The molecule has 2 N–H and O–H groups in total. The number of hydrazine groups is 1. The maximum atomic E-state index is 14.7. The van der Waals surface area contributed by atoms with Gasteiger partial charge in [-0.25, -0.2) is 19.6 Å². The summed E-state index contributed by atoms with van der Waals surface area (Å²) in [5.41, 5.74) is 2.56. The first kappa shape index (κ1) is 29.9. The van der Waals surface area contributed by atoms with Gasteiger partial charge in [0.1, 0.15) is 6.10 Å². The number of anilines is 1. The van der Waals surface area contributed by atoms with E-state index in [0.29, 0.717) is 30.8 Å². The standard InChI is InChI=1S/C27H34ClN5O6S/c1-5-38-18-15-20(34)39-22(18)30-26(37)33(13-9-10-14-33)24(36)21(27(2,3)4)32(31-19-16-40-25(28)29-19)23(35)17-11-7-6-8-12-17/h6-8,11-12,16,18,21-22,31H,5,9-10,13-15H2,1-4H3/p+1/t18-,21+,22+/m0/s1. The van der Waals surface area contributed by atoms with E-state index in [2.05, 4.69) is 15.7 Å². The van der Waals surface area contributed by atoms with Crippen LogP contribution >= 0.6 is 22.9 Å². The summed E-state index contributed by atoms with van der Waals surface area (Å²) in [5, 5.41) is 5.66. The molecule has 216 valence electrons. The molecule has 0 aliphatic carbocycles. The van der Waals surface area contributed by atoms with Crippen molar-refractivity contribution in [2.45, 2.75) is 65.3 Å². The SMILES string of the molecule is CCO[C@H]1CC(=O)O[C@H]1NC(=O)[N+]1(C(=O)[C@@H](N(Nc2csc(Cl)n2)C(=O)c2ccccc2)C(C)(C)C)CCCC1. The lowest BCUT2D eigenvalue weighted by atomic mass is 9.84. The van der Waals surface area contributed by atoms with Crippen LogP contribution in [0.4, 0.5) is 10.6 Å². The van der Waals surface area contributed by atoms with E-state index in [1.165, 1.54) is 16.3 Å². The van der Waals surface area contributed by atoms with Gasteiger partial charge in [0.25, 0.3) is 5.91 Å². The van der Waals surface area contributed by atoms with E-state index in [-0.39, 0.29) is 24.0 Å². The molecule has 2 saturated heterocycles. The fourth-order valence-corrected chi connectivity index (χ4v) is 5.84. The van der Waals surface area contributed by atoms with E-state index in [0.717, 1.165) is 0 Å². The quantitative estimate of drug-likeness (QED) is 0.265. The summed E-state index contributed by atoms with van der Waals surface area (Å²) < 4.78 is 10.6. The van der Waals surface area contributed by atoms with Crippen molar-refractivity contribution in [3.8, 4) is 0 Å². The maximum absolute atomic E-state index is 14.7. The molecule has 11 nitrogen and oxygen atoms in total. The molecule has 2 aliphatic heterocycles. The fourth-order valence-electron chi connectivity index (χ4n) is 5.15. The van der Waals surface area contributed by atoms with Gasteiger partial charge in [0.15, 0.2) is 16.3 Å². The number of rotatable bonds is 8. The Balaban J connectivity index is 1.72. The molecule has 0 bridgehead atoms. The van der Waals surface area contributed by atoms with Crippen molar-refractivity contribution in [2.24, 2.45) is 5.41 Å². The number of thiazole rings is 1. The normalized spacial score (nSPS) is 21.0. The Kier molecular flexibility index (Phi) is 9.13. The number of hydrogen-bond acceptors (Lipinski definition) is 9. The number of benzene rings is 1. The van der Waals surface area contributed by atoms with Crippen LogP contribution in [0.5, 0.6) is 0 Å². The van der Waals surface area contributed by atoms with Crippen molar-refractivity contribution < 1.29 is 33.1 Å². The summed E-state index contributed by atoms with van der Waals surface area (Å²) >= 11 is 7.24. The van der Waals surface area contributed by atoms with Crippen molar-refractivity contribution in [1.29, 1.82) is 0 Å². The molecule has 2 aliphatic rings. The number of nitrogens with zero attached hydrogens (tertiary/aromatic N) is 3. The maximum Gasteiger partial charge on any atom is 0.427 e. The predicted molar refractivity (Wildman–Crippen MR) is 149 cm³/mol. The largest absolute Gasteiger partial charge is 0.439 e. The van der Waals surface area contributed by atoms with Crippen LogP contribution in [0.3, 0.4) is 0 Å². The van der Waals surface area contributed by atoms with Crippen molar-refractivity contribution in [2.75, 3.05) is 25.1 Å². The monoisotopic (exact) mass is 592 g/mol. The zero-order chi connectivity index (χ0) is 29.1. The van der Waals surface area contributed by atoms with Crippen LogP contribution in [0.25, 0.3) is 0 Å². The Hall–Kier alpha value is -3.06. The Labute approximate surface area is 242 Å². The molecule has 3 heterocycles. The van der Waals surface area contributed by atoms with Gasteiger partial charge in [-0.15, -0.1) is 11.3 Å². The summed E-state index contributed by atoms with van der Waals surface area (Å²) in [5.74, 6) is -1.10. The van der Waals surface area contributed by atoms with Crippen LogP contribution in [-0.2, 0) is 19.1 Å². The first-order valence-electron chi connectivity index (χ1n) is 13.3. The van der Waals surface area contributed by atoms with Gasteiger partial charge in [0.2, 0.25) is 6.23 Å². The number of ether oxygens (including phenoxy) is 2. The Morgan fingerprint density at radius 2 is 1.90 bits per heavy atom. The van der Waals surface area contributed by atoms with E-state index in [1.807, 2.05) is 20.8 Å². The number of likely N-dealkylation sites (tertiary alicyclic amines) is 1. The molecule has 4 rings (SSSR count). The second-order valence-electron chi connectivity index (χ2n) is 10.9. The fraction of sp³-hybridized carbons (Fsp3) is 0.519. The molecule has 2 aromatic rings. The van der Waals surface area contributed by atoms with Gasteiger partial charge in [-0.1, -0.05) is 50.6 Å². The average Bonchev–Trinajstić information content (AvgIpc) is 3.64. The number of carbonyl (C=O) groups is 4. The highest BCUT2D eigenvalue weighted by atomic mass is 35.5. The molecular formula is C27H35ClN5O6S+. The summed E-state index contributed by atoms with van der Waals surface area (Å²) in [6.45, 7) is 8.12. The van der Waals surface area contributed by atoms with Gasteiger partial charge in [-0.05, 0) is 24.5 Å². The molecule has 13 heteroatoms. The molecule has 4 amide bonds. The van der Waals surface area contributed by atoms with E-state index in [9.17, 15) is 19.2 Å². The number of hydrogen-bond donors (Lipinski definition) is 2. The minimum atomic E-state index is -1.10. The highest BCUT2D eigenvalue weighted by Crippen LogP contribution is 2.34. The minimum absolute atomic E-state index is 0.0107. The molecule has 1 aromatic carbocycles. The Bertz CT molecular complexity index is 1240. The van der Waals surface area contributed by atoms with E-state index in [4.69, 9.17) is 21.1 Å². The number of cyclic esters (lactones) is 1. The molecule has 3 atom stereocenters. The second kappa shape index (κ2) is 12.2. The zero-order valence-corrected chi connectivity index (χ0v) is 24.6. The van der Waals surface area contributed by atoms with E-state index >= 15 is 0 Å². The van der Waals surface area contributed by atoms with Crippen molar-refractivity contribution >= 4 is 52.6 Å². The molecular weight excluding hydrogens is 558 g/mol. The second-order valence-corrected chi connectivity index (χ2v) is 12.4. The molecule has 0 spiro atoms. The van der Waals surface area contributed by atoms with Gasteiger partial charge in [-0.2, -0.15) is 4.48 Å². The van der Waals surface area contributed by atoms with Crippen molar-refractivity contribution in [3.63, 3.8) is 0 Å². The third-order valence-electron chi connectivity index (χ3n) is 7.01. The van der Waals surface area contributed by atoms with Crippen LogP contribution in [0.1, 0.15) is 57.3 Å². The lowest BCUT2D eigenvalue weighted by molar-refractivity contribution is -0.762. The summed E-state index contributed by atoms with van der Waals surface area (Å²) in [6, 6.07) is 6.89. The lowest BCUT2D eigenvalue weighted by Gasteiger charge is -2.42. The summed E-state index contributed by atoms with van der Waals surface area (Å²) in [4.78, 5) is 58.7. The first-order valence-corrected chi connectivity index (χ1v) is 14.5. The van der Waals surface area contributed by atoms with Gasteiger partial charge in [0, 0.05) is 30.4 Å². The molecule has 2 fully saturated rings.